The molecule has 1 aromatic heterocycles. The van der Waals surface area contributed by atoms with Crippen LogP contribution in [0, 0.1) is 5.82 Å². The summed E-state index contributed by atoms with van der Waals surface area (Å²) < 4.78 is 55.2. The fourth-order valence-corrected chi connectivity index (χ4v) is 1.51. The average Bonchev–Trinajstić information content (AvgIpc) is 2.76. The van der Waals surface area contributed by atoms with Crippen molar-refractivity contribution in [1.82, 2.24) is 0 Å². The van der Waals surface area contributed by atoms with Gasteiger partial charge in [-0.2, -0.15) is 13.2 Å². The van der Waals surface area contributed by atoms with Gasteiger partial charge in [-0.05, 0) is 24.3 Å². The van der Waals surface area contributed by atoms with E-state index in [2.05, 4.69) is 0 Å². The minimum atomic E-state index is -4.78. The molecule has 1 heterocycles. The molecule has 3 nitrogen and oxygen atoms in total. The van der Waals surface area contributed by atoms with Crippen LogP contribution in [0.25, 0.3) is 11.3 Å². The van der Waals surface area contributed by atoms with Crippen LogP contribution in [0.3, 0.4) is 0 Å². The highest BCUT2D eigenvalue weighted by Gasteiger charge is 2.34. The minimum Gasteiger partial charge on any atom is -0.475 e. The Morgan fingerprint density at radius 1 is 1.16 bits per heavy atom. The lowest BCUT2D eigenvalue weighted by molar-refractivity contribution is -0.139. The van der Waals surface area contributed by atoms with Gasteiger partial charge >= 0.3 is 12.1 Å². The van der Waals surface area contributed by atoms with Crippen molar-refractivity contribution in [3.05, 3.63) is 47.5 Å². The molecule has 0 bridgehead atoms. The van der Waals surface area contributed by atoms with E-state index in [1.54, 1.807) is 0 Å². The molecule has 0 unspecified atom stereocenters. The summed E-state index contributed by atoms with van der Waals surface area (Å²) in [5.74, 6) is -3.17. The second-order valence-electron chi connectivity index (χ2n) is 3.66. The highest BCUT2D eigenvalue weighted by molar-refractivity contribution is 5.85. The molecule has 19 heavy (non-hydrogen) atoms. The molecule has 1 N–H and O–H groups in total. The van der Waals surface area contributed by atoms with Gasteiger partial charge in [0.25, 0.3) is 0 Å². The third-order valence-corrected chi connectivity index (χ3v) is 2.38. The van der Waals surface area contributed by atoms with Crippen molar-refractivity contribution in [1.29, 1.82) is 0 Å². The maximum Gasteiger partial charge on any atom is 0.419 e. The fourth-order valence-electron chi connectivity index (χ4n) is 1.51. The number of furan rings is 1. The molecule has 0 aliphatic heterocycles. The number of halogens is 4. The number of carboxylic acid groups (broad SMARTS) is 1. The van der Waals surface area contributed by atoms with Crippen molar-refractivity contribution in [3.8, 4) is 11.3 Å². The van der Waals surface area contributed by atoms with Crippen LogP contribution < -0.4 is 0 Å². The van der Waals surface area contributed by atoms with Crippen LogP contribution in [0.5, 0.6) is 0 Å². The zero-order valence-corrected chi connectivity index (χ0v) is 9.16. The van der Waals surface area contributed by atoms with Crippen LogP contribution in [0.2, 0.25) is 0 Å². The van der Waals surface area contributed by atoms with Crippen molar-refractivity contribution in [2.75, 3.05) is 0 Å². The van der Waals surface area contributed by atoms with Gasteiger partial charge in [-0.15, -0.1) is 0 Å². The Kier molecular flexibility index (Phi) is 3.05. The van der Waals surface area contributed by atoms with Gasteiger partial charge in [0.05, 0.1) is 5.56 Å². The molecule has 2 rings (SSSR count). The smallest absolute Gasteiger partial charge is 0.419 e. The van der Waals surface area contributed by atoms with Crippen molar-refractivity contribution >= 4 is 5.97 Å². The first-order valence-corrected chi connectivity index (χ1v) is 4.99. The summed E-state index contributed by atoms with van der Waals surface area (Å²) in [6.45, 7) is 0. The van der Waals surface area contributed by atoms with Gasteiger partial charge in [-0.1, -0.05) is 6.07 Å². The first-order valence-electron chi connectivity index (χ1n) is 4.99. The van der Waals surface area contributed by atoms with E-state index in [9.17, 15) is 22.4 Å². The fraction of sp³-hybridized carbons (Fsp3) is 0.0833. The van der Waals surface area contributed by atoms with Crippen LogP contribution in [0.1, 0.15) is 16.1 Å². The molecule has 7 heteroatoms. The van der Waals surface area contributed by atoms with E-state index in [-0.39, 0.29) is 17.1 Å². The molecular weight excluding hydrogens is 268 g/mol. The topological polar surface area (TPSA) is 50.4 Å². The lowest BCUT2D eigenvalue weighted by Crippen LogP contribution is -2.07. The molecule has 0 fully saturated rings. The maximum atomic E-state index is 13.3. The molecule has 0 saturated heterocycles. The highest BCUT2D eigenvalue weighted by atomic mass is 19.4. The molecule has 0 aliphatic rings. The maximum absolute atomic E-state index is 13.3. The zero-order valence-electron chi connectivity index (χ0n) is 9.16. The number of hydrogen-bond acceptors (Lipinski definition) is 2. The van der Waals surface area contributed by atoms with Gasteiger partial charge in [0.15, 0.2) is 0 Å². The molecule has 100 valence electrons. The first-order chi connectivity index (χ1) is 8.79. The van der Waals surface area contributed by atoms with E-state index in [4.69, 9.17) is 9.52 Å². The second-order valence-corrected chi connectivity index (χ2v) is 3.66. The molecule has 0 radical (unpaired) electrons. The SMILES string of the molecule is O=C(O)c1ccc(-c2ccc(C(F)(F)F)c(F)c2)o1. The molecule has 0 aliphatic carbocycles. The molecule has 0 saturated carbocycles. The van der Waals surface area contributed by atoms with Crippen molar-refractivity contribution < 1.29 is 31.9 Å². The van der Waals surface area contributed by atoms with E-state index < -0.39 is 23.5 Å². The summed E-state index contributed by atoms with van der Waals surface area (Å²) in [6, 6.07) is 4.61. The van der Waals surface area contributed by atoms with Crippen LogP contribution in [-0.2, 0) is 6.18 Å². The Bertz CT molecular complexity index is 628. The number of carboxylic acids is 1. The van der Waals surface area contributed by atoms with Crippen LogP contribution in [-0.4, -0.2) is 11.1 Å². The quantitative estimate of drug-likeness (QED) is 0.847. The first kappa shape index (κ1) is 13.1. The number of carbonyl (C=O) groups is 1. The summed E-state index contributed by atoms with van der Waals surface area (Å²) in [6.07, 6.45) is -4.78. The van der Waals surface area contributed by atoms with Gasteiger partial charge in [-0.25, -0.2) is 9.18 Å². The van der Waals surface area contributed by atoms with E-state index in [1.807, 2.05) is 0 Å². The summed E-state index contributed by atoms with van der Waals surface area (Å²) in [4.78, 5) is 10.6. The van der Waals surface area contributed by atoms with Gasteiger partial charge in [0, 0.05) is 5.56 Å². The van der Waals surface area contributed by atoms with Gasteiger partial charge < -0.3 is 9.52 Å². The highest BCUT2D eigenvalue weighted by Crippen LogP contribution is 2.33. The number of hydrogen-bond donors (Lipinski definition) is 1. The molecular formula is C12H6F4O3. The zero-order chi connectivity index (χ0) is 14.2. The lowest BCUT2D eigenvalue weighted by Gasteiger charge is -2.08. The average molecular weight is 274 g/mol. The largest absolute Gasteiger partial charge is 0.475 e. The van der Waals surface area contributed by atoms with Gasteiger partial charge in [-0.3, -0.25) is 0 Å². The van der Waals surface area contributed by atoms with Crippen LogP contribution in [0.4, 0.5) is 17.6 Å². The van der Waals surface area contributed by atoms with Crippen molar-refractivity contribution in [2.45, 2.75) is 6.18 Å². The van der Waals surface area contributed by atoms with Gasteiger partial charge in [0.1, 0.15) is 11.6 Å². The summed E-state index contributed by atoms with van der Waals surface area (Å²) >= 11 is 0. The standard InChI is InChI=1S/C12H6F4O3/c13-8-5-6(1-2-7(8)12(14,15)16)9-3-4-10(19-9)11(17)18/h1-5H,(H,17,18). The minimum absolute atomic E-state index is 0.0231. The number of alkyl halides is 3. The van der Waals surface area contributed by atoms with E-state index in [1.165, 1.54) is 6.07 Å². The van der Waals surface area contributed by atoms with Gasteiger partial charge in [0.2, 0.25) is 5.76 Å². The van der Waals surface area contributed by atoms with E-state index in [0.29, 0.717) is 12.1 Å². The number of benzene rings is 1. The third kappa shape index (κ3) is 2.59. The van der Waals surface area contributed by atoms with Crippen LogP contribution in [0.15, 0.2) is 34.7 Å². The Labute approximate surface area is 104 Å². The number of rotatable bonds is 2. The monoisotopic (exact) mass is 274 g/mol. The molecule has 0 amide bonds. The second kappa shape index (κ2) is 4.42. The summed E-state index contributed by atoms with van der Waals surface area (Å²) in [5.41, 5.74) is -1.36. The predicted octanol–water partition coefficient (Wildman–Crippen LogP) is 3.80. The molecule has 2 aromatic rings. The lowest BCUT2D eigenvalue weighted by atomic mass is 10.1. The third-order valence-electron chi connectivity index (χ3n) is 2.38. The molecule has 1 aromatic carbocycles. The number of aromatic carboxylic acids is 1. The van der Waals surface area contributed by atoms with Crippen molar-refractivity contribution in [2.24, 2.45) is 0 Å². The Balaban J connectivity index is 2.41. The Hall–Kier alpha value is -2.31. The predicted molar refractivity (Wildman–Crippen MR) is 56.1 cm³/mol. The van der Waals surface area contributed by atoms with Crippen LogP contribution >= 0.6 is 0 Å². The van der Waals surface area contributed by atoms with E-state index >= 15 is 0 Å². The summed E-state index contributed by atoms with van der Waals surface area (Å²) in [5, 5.41) is 8.63. The Morgan fingerprint density at radius 2 is 1.84 bits per heavy atom. The molecule has 0 atom stereocenters. The van der Waals surface area contributed by atoms with E-state index in [0.717, 1.165) is 12.1 Å². The summed E-state index contributed by atoms with van der Waals surface area (Å²) in [7, 11) is 0. The van der Waals surface area contributed by atoms with Crippen molar-refractivity contribution in [3.63, 3.8) is 0 Å². The molecule has 0 spiro atoms. The normalized spacial score (nSPS) is 11.6. The Morgan fingerprint density at radius 3 is 2.32 bits per heavy atom.